The molecule has 0 aromatic carbocycles. The van der Waals surface area contributed by atoms with Gasteiger partial charge in [0.05, 0.1) is 12.3 Å². The van der Waals surface area contributed by atoms with Crippen molar-refractivity contribution in [2.45, 2.75) is 27.3 Å². The third-order valence-corrected chi connectivity index (χ3v) is 3.35. The standard InChI is InChI=1S/C14H16BrN3O2/c1-4-18-12(7-11(17-18)14(19)20-5-2)10-8-16-13(15)6-9(10)3/h6-8H,4-5H2,1-3H3. The Morgan fingerprint density at radius 2 is 2.15 bits per heavy atom. The van der Waals surface area contributed by atoms with Gasteiger partial charge in [-0.2, -0.15) is 5.10 Å². The highest BCUT2D eigenvalue weighted by Gasteiger charge is 2.17. The highest BCUT2D eigenvalue weighted by atomic mass is 79.9. The molecule has 20 heavy (non-hydrogen) atoms. The molecule has 0 spiro atoms. The van der Waals surface area contributed by atoms with Crippen LogP contribution < -0.4 is 0 Å². The fraction of sp³-hybridized carbons (Fsp3) is 0.357. The van der Waals surface area contributed by atoms with Crippen molar-refractivity contribution in [2.24, 2.45) is 0 Å². The molecule has 2 rings (SSSR count). The molecule has 106 valence electrons. The van der Waals surface area contributed by atoms with E-state index in [4.69, 9.17) is 4.74 Å². The molecule has 2 aromatic heterocycles. The van der Waals surface area contributed by atoms with Gasteiger partial charge in [0.15, 0.2) is 5.69 Å². The number of esters is 1. The van der Waals surface area contributed by atoms with E-state index in [1.54, 1.807) is 23.9 Å². The molecule has 0 saturated heterocycles. The highest BCUT2D eigenvalue weighted by Crippen LogP contribution is 2.25. The SMILES string of the molecule is CCOC(=O)c1cc(-c2cnc(Br)cc2C)n(CC)n1. The van der Waals surface area contributed by atoms with E-state index in [1.165, 1.54) is 0 Å². The zero-order valence-electron chi connectivity index (χ0n) is 11.7. The lowest BCUT2D eigenvalue weighted by Crippen LogP contribution is -2.07. The van der Waals surface area contributed by atoms with E-state index < -0.39 is 5.97 Å². The lowest BCUT2D eigenvalue weighted by Gasteiger charge is -2.07. The molecule has 0 unspecified atom stereocenters. The van der Waals surface area contributed by atoms with Crippen LogP contribution in [-0.2, 0) is 11.3 Å². The first-order valence-corrected chi connectivity index (χ1v) is 7.23. The van der Waals surface area contributed by atoms with E-state index in [0.717, 1.165) is 21.4 Å². The Morgan fingerprint density at radius 3 is 2.75 bits per heavy atom. The Hall–Kier alpha value is -1.69. The van der Waals surface area contributed by atoms with Gasteiger partial charge in [0, 0.05) is 18.3 Å². The monoisotopic (exact) mass is 337 g/mol. The van der Waals surface area contributed by atoms with Crippen LogP contribution in [-0.4, -0.2) is 27.3 Å². The van der Waals surface area contributed by atoms with Crippen molar-refractivity contribution in [3.63, 3.8) is 0 Å². The second-order valence-electron chi connectivity index (χ2n) is 4.27. The molecular formula is C14H16BrN3O2. The van der Waals surface area contributed by atoms with Gasteiger partial charge in [-0.1, -0.05) is 0 Å². The minimum atomic E-state index is -0.399. The van der Waals surface area contributed by atoms with Crippen molar-refractivity contribution in [3.05, 3.63) is 34.2 Å². The maximum absolute atomic E-state index is 11.8. The molecule has 0 saturated carbocycles. The van der Waals surface area contributed by atoms with Crippen LogP contribution in [0.4, 0.5) is 0 Å². The second-order valence-corrected chi connectivity index (χ2v) is 5.09. The van der Waals surface area contributed by atoms with E-state index in [1.807, 2.05) is 19.9 Å². The predicted molar refractivity (Wildman–Crippen MR) is 79.5 cm³/mol. The first kappa shape index (κ1) is 14.7. The van der Waals surface area contributed by atoms with Crippen molar-refractivity contribution >= 4 is 21.9 Å². The molecule has 6 heteroatoms. The molecular weight excluding hydrogens is 322 g/mol. The number of aromatic nitrogens is 3. The smallest absolute Gasteiger partial charge is 0.358 e. The molecule has 2 aromatic rings. The number of hydrogen-bond acceptors (Lipinski definition) is 4. The number of pyridine rings is 1. The average Bonchev–Trinajstić information content (AvgIpc) is 2.83. The van der Waals surface area contributed by atoms with Crippen LogP contribution in [0, 0.1) is 6.92 Å². The summed E-state index contributed by atoms with van der Waals surface area (Å²) in [7, 11) is 0. The minimum absolute atomic E-state index is 0.325. The van der Waals surface area contributed by atoms with Gasteiger partial charge in [0.25, 0.3) is 0 Å². The summed E-state index contributed by atoms with van der Waals surface area (Å²) in [6.07, 6.45) is 1.78. The summed E-state index contributed by atoms with van der Waals surface area (Å²) in [5.74, 6) is -0.399. The van der Waals surface area contributed by atoms with Gasteiger partial charge in [0.1, 0.15) is 4.60 Å². The number of aryl methyl sites for hydroxylation is 2. The third-order valence-electron chi connectivity index (χ3n) is 2.92. The van der Waals surface area contributed by atoms with Crippen LogP contribution in [0.5, 0.6) is 0 Å². The first-order chi connectivity index (χ1) is 9.56. The fourth-order valence-corrected chi connectivity index (χ4v) is 2.42. The largest absolute Gasteiger partial charge is 0.461 e. The van der Waals surface area contributed by atoms with Crippen molar-refractivity contribution in [2.75, 3.05) is 6.61 Å². The van der Waals surface area contributed by atoms with Crippen LogP contribution in [0.15, 0.2) is 22.9 Å². The summed E-state index contributed by atoms with van der Waals surface area (Å²) < 4.78 is 7.55. The van der Waals surface area contributed by atoms with Gasteiger partial charge < -0.3 is 4.74 Å². The average molecular weight is 338 g/mol. The number of rotatable bonds is 4. The molecule has 0 aliphatic carbocycles. The Balaban J connectivity index is 2.47. The van der Waals surface area contributed by atoms with Gasteiger partial charge in [-0.3, -0.25) is 4.68 Å². The number of hydrogen-bond donors (Lipinski definition) is 0. The second kappa shape index (κ2) is 6.17. The predicted octanol–water partition coefficient (Wildman–Crippen LogP) is 3.21. The maximum Gasteiger partial charge on any atom is 0.358 e. The van der Waals surface area contributed by atoms with Crippen molar-refractivity contribution in [1.82, 2.24) is 14.8 Å². The summed E-state index contributed by atoms with van der Waals surface area (Å²) in [5, 5.41) is 4.29. The molecule has 0 fully saturated rings. The van der Waals surface area contributed by atoms with Crippen molar-refractivity contribution in [3.8, 4) is 11.3 Å². The fourth-order valence-electron chi connectivity index (χ4n) is 1.97. The zero-order valence-corrected chi connectivity index (χ0v) is 13.3. The quantitative estimate of drug-likeness (QED) is 0.634. The summed E-state index contributed by atoms with van der Waals surface area (Å²) in [5.41, 5.74) is 3.22. The Bertz CT molecular complexity index is 637. The lowest BCUT2D eigenvalue weighted by molar-refractivity contribution is 0.0518. The maximum atomic E-state index is 11.8. The normalized spacial score (nSPS) is 10.6. The summed E-state index contributed by atoms with van der Waals surface area (Å²) in [6.45, 7) is 6.76. The number of carbonyl (C=O) groups excluding carboxylic acids is 1. The van der Waals surface area contributed by atoms with Crippen LogP contribution in [0.25, 0.3) is 11.3 Å². The number of halogens is 1. The van der Waals surface area contributed by atoms with Crippen LogP contribution in [0.3, 0.4) is 0 Å². The molecule has 0 bridgehead atoms. The Morgan fingerprint density at radius 1 is 1.40 bits per heavy atom. The minimum Gasteiger partial charge on any atom is -0.461 e. The number of nitrogens with zero attached hydrogens (tertiary/aromatic N) is 3. The summed E-state index contributed by atoms with van der Waals surface area (Å²) in [6, 6.07) is 3.69. The van der Waals surface area contributed by atoms with Crippen LogP contribution in [0.1, 0.15) is 29.9 Å². The summed E-state index contributed by atoms with van der Waals surface area (Å²) >= 11 is 3.35. The molecule has 5 nitrogen and oxygen atoms in total. The third kappa shape index (κ3) is 2.90. The van der Waals surface area contributed by atoms with Gasteiger partial charge in [0.2, 0.25) is 0 Å². The molecule has 2 heterocycles. The van der Waals surface area contributed by atoms with E-state index in [0.29, 0.717) is 18.8 Å². The first-order valence-electron chi connectivity index (χ1n) is 6.44. The Kier molecular flexibility index (Phi) is 4.54. The van der Waals surface area contributed by atoms with Crippen LogP contribution >= 0.6 is 15.9 Å². The lowest BCUT2D eigenvalue weighted by atomic mass is 10.1. The zero-order chi connectivity index (χ0) is 14.7. The van der Waals surface area contributed by atoms with Gasteiger partial charge in [-0.05, 0) is 54.4 Å². The molecule has 0 aliphatic heterocycles. The van der Waals surface area contributed by atoms with Gasteiger partial charge in [-0.15, -0.1) is 0 Å². The number of carbonyl (C=O) groups is 1. The molecule has 0 atom stereocenters. The van der Waals surface area contributed by atoms with E-state index in [9.17, 15) is 4.79 Å². The number of ether oxygens (including phenoxy) is 1. The Labute approximate surface area is 126 Å². The topological polar surface area (TPSA) is 57.0 Å². The highest BCUT2D eigenvalue weighted by molar-refractivity contribution is 9.10. The van der Waals surface area contributed by atoms with E-state index >= 15 is 0 Å². The molecule has 0 radical (unpaired) electrons. The molecule has 0 N–H and O–H groups in total. The van der Waals surface area contributed by atoms with E-state index in [2.05, 4.69) is 26.0 Å². The van der Waals surface area contributed by atoms with Crippen LogP contribution in [0.2, 0.25) is 0 Å². The van der Waals surface area contributed by atoms with Gasteiger partial charge in [-0.25, -0.2) is 9.78 Å². The summed E-state index contributed by atoms with van der Waals surface area (Å²) in [4.78, 5) is 16.0. The van der Waals surface area contributed by atoms with Gasteiger partial charge >= 0.3 is 5.97 Å². The van der Waals surface area contributed by atoms with E-state index in [-0.39, 0.29) is 0 Å². The van der Waals surface area contributed by atoms with Crippen molar-refractivity contribution in [1.29, 1.82) is 0 Å². The van der Waals surface area contributed by atoms with Crippen molar-refractivity contribution < 1.29 is 9.53 Å². The molecule has 0 amide bonds. The molecule has 0 aliphatic rings.